The number of nitrogens with zero attached hydrogens (tertiary/aromatic N) is 3. The first kappa shape index (κ1) is 16.8. The third-order valence-electron chi connectivity index (χ3n) is 3.28. The van der Waals surface area contributed by atoms with Crippen LogP contribution >= 0.6 is 23.5 Å². The summed E-state index contributed by atoms with van der Waals surface area (Å²) in [6.45, 7) is 1.83. The summed E-state index contributed by atoms with van der Waals surface area (Å²) in [6, 6.07) is 8.78. The molecule has 0 aliphatic carbocycles. The van der Waals surface area contributed by atoms with Crippen molar-refractivity contribution in [3.8, 4) is 11.4 Å². The highest BCUT2D eigenvalue weighted by Crippen LogP contribution is 2.28. The summed E-state index contributed by atoms with van der Waals surface area (Å²) in [5.74, 6) is 5.50. The van der Waals surface area contributed by atoms with E-state index in [4.69, 9.17) is 10.3 Å². The molecular weight excluding hydrogens is 354 g/mol. The predicted octanol–water partition coefficient (Wildman–Crippen LogP) is 4.17. The summed E-state index contributed by atoms with van der Waals surface area (Å²) >= 11 is 1.95. The van der Waals surface area contributed by atoms with Gasteiger partial charge in [0.2, 0.25) is 5.16 Å². The lowest BCUT2D eigenvalue weighted by Gasteiger charge is -2.04. The van der Waals surface area contributed by atoms with E-state index in [1.165, 1.54) is 16.4 Å². The van der Waals surface area contributed by atoms with Crippen molar-refractivity contribution < 1.29 is 13.2 Å². The molecule has 2 heterocycles. The van der Waals surface area contributed by atoms with Gasteiger partial charge in [-0.1, -0.05) is 35.7 Å². The van der Waals surface area contributed by atoms with Gasteiger partial charge in [0.05, 0.1) is 11.8 Å². The lowest BCUT2D eigenvalue weighted by Crippen LogP contribution is -2.11. The second-order valence-corrected chi connectivity index (χ2v) is 6.88. The van der Waals surface area contributed by atoms with Crippen molar-refractivity contribution in [3.05, 3.63) is 47.9 Å². The average Bonchev–Trinajstić information content (AvgIpc) is 3.12. The third-order valence-corrected chi connectivity index (χ3v) is 5.02. The number of hydrogen-bond donors (Lipinski definition) is 1. The highest BCUT2D eigenvalue weighted by Gasteiger charge is 2.15. The molecule has 3 aromatic rings. The minimum absolute atomic E-state index is 0.532. The molecular formula is C15H14F2N4OS2. The van der Waals surface area contributed by atoms with Gasteiger partial charge in [-0.3, -0.25) is 0 Å². The number of halogens is 2. The summed E-state index contributed by atoms with van der Waals surface area (Å²) in [4.78, 5) is 0.540. The van der Waals surface area contributed by atoms with Crippen LogP contribution in [0.5, 0.6) is 0 Å². The van der Waals surface area contributed by atoms with E-state index in [2.05, 4.69) is 10.2 Å². The molecule has 1 aromatic carbocycles. The number of nitrogens with two attached hydrogens (primary N) is 1. The smallest absolute Gasteiger partial charge is 0.288 e. The molecule has 5 nitrogen and oxygen atoms in total. The van der Waals surface area contributed by atoms with Gasteiger partial charge in [0, 0.05) is 10.6 Å². The maximum atomic E-state index is 12.3. The summed E-state index contributed by atoms with van der Waals surface area (Å²) < 4.78 is 31.3. The topological polar surface area (TPSA) is 69.9 Å². The van der Waals surface area contributed by atoms with E-state index in [9.17, 15) is 8.78 Å². The first-order chi connectivity index (χ1) is 11.5. The molecule has 0 bridgehead atoms. The quantitative estimate of drug-likeness (QED) is 0.520. The van der Waals surface area contributed by atoms with Crippen LogP contribution in [0, 0.1) is 6.92 Å². The number of aryl methyl sites for hydroxylation is 1. The molecule has 0 fully saturated rings. The number of thioether (sulfide) groups is 2. The zero-order valence-corrected chi connectivity index (χ0v) is 14.3. The number of rotatable bonds is 6. The number of aromatic nitrogens is 3. The van der Waals surface area contributed by atoms with E-state index in [1.807, 2.05) is 19.1 Å². The van der Waals surface area contributed by atoms with Crippen LogP contribution < -0.4 is 5.84 Å². The van der Waals surface area contributed by atoms with Gasteiger partial charge in [0.15, 0.2) is 5.82 Å². The first-order valence-corrected chi connectivity index (χ1v) is 8.82. The Morgan fingerprint density at radius 2 is 1.96 bits per heavy atom. The maximum absolute atomic E-state index is 12.3. The second kappa shape index (κ2) is 7.27. The van der Waals surface area contributed by atoms with Crippen LogP contribution in [0.4, 0.5) is 8.78 Å². The summed E-state index contributed by atoms with van der Waals surface area (Å²) in [6.07, 6.45) is 1.57. The van der Waals surface area contributed by atoms with Gasteiger partial charge in [0.1, 0.15) is 5.76 Å². The molecule has 0 radical (unpaired) electrons. The van der Waals surface area contributed by atoms with Gasteiger partial charge in [-0.15, -0.1) is 10.2 Å². The molecule has 0 spiro atoms. The zero-order valence-electron chi connectivity index (χ0n) is 12.6. The first-order valence-electron chi connectivity index (χ1n) is 6.96. The highest BCUT2D eigenvalue weighted by molar-refractivity contribution is 7.99. The fourth-order valence-corrected chi connectivity index (χ4v) is 3.40. The predicted molar refractivity (Wildman–Crippen MR) is 90.5 cm³/mol. The number of benzene rings is 1. The monoisotopic (exact) mass is 368 g/mol. The van der Waals surface area contributed by atoms with Crippen LogP contribution in [0.25, 0.3) is 11.4 Å². The third kappa shape index (κ3) is 3.73. The highest BCUT2D eigenvalue weighted by atomic mass is 32.2. The van der Waals surface area contributed by atoms with Crippen molar-refractivity contribution in [1.29, 1.82) is 0 Å². The molecule has 0 unspecified atom stereocenters. The Kier molecular flexibility index (Phi) is 5.10. The summed E-state index contributed by atoms with van der Waals surface area (Å²) in [5.41, 5.74) is 1.79. The van der Waals surface area contributed by atoms with E-state index in [-0.39, 0.29) is 0 Å². The van der Waals surface area contributed by atoms with Crippen LogP contribution in [-0.2, 0) is 5.75 Å². The Balaban J connectivity index is 1.67. The molecule has 0 aliphatic rings. The average molecular weight is 368 g/mol. The van der Waals surface area contributed by atoms with Crippen molar-refractivity contribution in [2.45, 2.75) is 28.5 Å². The number of alkyl halides is 2. The van der Waals surface area contributed by atoms with Crippen molar-refractivity contribution >= 4 is 23.5 Å². The molecule has 0 amide bonds. The molecule has 24 heavy (non-hydrogen) atoms. The van der Waals surface area contributed by atoms with Crippen molar-refractivity contribution in [2.75, 3.05) is 5.84 Å². The van der Waals surface area contributed by atoms with Gasteiger partial charge in [-0.05, 0) is 30.7 Å². The maximum Gasteiger partial charge on any atom is 0.288 e. The van der Waals surface area contributed by atoms with Crippen LogP contribution in [0.1, 0.15) is 11.3 Å². The molecule has 0 saturated carbocycles. The molecule has 9 heteroatoms. The van der Waals surface area contributed by atoms with E-state index < -0.39 is 5.76 Å². The van der Waals surface area contributed by atoms with Crippen molar-refractivity contribution in [1.82, 2.24) is 14.9 Å². The standard InChI is InChI=1S/C15H14F2N4OS2/c1-9-12(6-7-22-9)13-19-20-15(21(13)18)23-8-10-2-4-11(5-3-10)24-14(16)17/h2-7,14H,8,18H2,1H3. The van der Waals surface area contributed by atoms with Crippen LogP contribution in [0.2, 0.25) is 0 Å². The fraction of sp³-hybridized carbons (Fsp3) is 0.200. The van der Waals surface area contributed by atoms with Gasteiger partial charge in [-0.2, -0.15) is 8.78 Å². The largest absolute Gasteiger partial charge is 0.469 e. The van der Waals surface area contributed by atoms with Crippen molar-refractivity contribution in [2.24, 2.45) is 0 Å². The van der Waals surface area contributed by atoms with E-state index in [1.54, 1.807) is 24.5 Å². The lowest BCUT2D eigenvalue weighted by atomic mass is 10.2. The summed E-state index contributed by atoms with van der Waals surface area (Å²) in [5, 5.41) is 8.76. The fourth-order valence-electron chi connectivity index (χ4n) is 2.09. The SMILES string of the molecule is Cc1occc1-c1nnc(SCc2ccc(SC(F)F)cc2)n1N. The van der Waals surface area contributed by atoms with Gasteiger partial charge >= 0.3 is 0 Å². The Bertz CT molecular complexity index is 817. The van der Waals surface area contributed by atoms with Crippen LogP contribution in [0.3, 0.4) is 0 Å². The van der Waals surface area contributed by atoms with E-state index >= 15 is 0 Å². The van der Waals surface area contributed by atoms with Crippen LogP contribution in [0.15, 0.2) is 51.1 Å². The summed E-state index contributed by atoms with van der Waals surface area (Å²) in [7, 11) is 0. The molecule has 2 aromatic heterocycles. The molecule has 126 valence electrons. The molecule has 0 saturated heterocycles. The molecule has 3 rings (SSSR count). The Morgan fingerprint density at radius 3 is 2.58 bits per heavy atom. The Hall–Kier alpha value is -2.00. The van der Waals surface area contributed by atoms with Gasteiger partial charge < -0.3 is 10.3 Å². The van der Waals surface area contributed by atoms with E-state index in [0.29, 0.717) is 33.4 Å². The molecule has 0 atom stereocenters. The Labute approximate surface area is 145 Å². The number of nitrogen functional groups attached to an aromatic ring is 1. The minimum atomic E-state index is -2.41. The van der Waals surface area contributed by atoms with Gasteiger partial charge in [-0.25, -0.2) is 4.68 Å². The molecule has 0 aliphatic heterocycles. The number of furan rings is 1. The molecule has 2 N–H and O–H groups in total. The lowest BCUT2D eigenvalue weighted by molar-refractivity contribution is 0.252. The number of hydrogen-bond acceptors (Lipinski definition) is 6. The Morgan fingerprint density at radius 1 is 1.21 bits per heavy atom. The van der Waals surface area contributed by atoms with Crippen LogP contribution in [-0.4, -0.2) is 20.6 Å². The van der Waals surface area contributed by atoms with E-state index in [0.717, 1.165) is 16.9 Å². The zero-order chi connectivity index (χ0) is 17.1. The van der Waals surface area contributed by atoms with Gasteiger partial charge in [0.25, 0.3) is 5.76 Å². The minimum Gasteiger partial charge on any atom is -0.469 e. The second-order valence-electron chi connectivity index (χ2n) is 4.88. The normalized spacial score (nSPS) is 11.3. The van der Waals surface area contributed by atoms with Crippen molar-refractivity contribution in [3.63, 3.8) is 0 Å².